The summed E-state index contributed by atoms with van der Waals surface area (Å²) in [5.74, 6) is -0.398. The van der Waals surface area contributed by atoms with Gasteiger partial charge in [-0.05, 0) is 54.9 Å². The number of benzene rings is 3. The van der Waals surface area contributed by atoms with Gasteiger partial charge in [-0.1, -0.05) is 18.2 Å². The summed E-state index contributed by atoms with van der Waals surface area (Å²) < 4.78 is 0. The molecule has 27 heavy (non-hydrogen) atoms. The van der Waals surface area contributed by atoms with Gasteiger partial charge >= 0.3 is 0 Å². The van der Waals surface area contributed by atoms with Crippen LogP contribution in [0, 0.1) is 17.0 Å². The fraction of sp³-hybridized carbons (Fsp3) is 0.0526. The molecule has 136 valence electrons. The lowest BCUT2D eigenvalue weighted by Gasteiger charge is -2.12. The molecule has 0 aliphatic rings. The number of nitrogens with zero attached hydrogens (tertiary/aromatic N) is 1. The van der Waals surface area contributed by atoms with E-state index in [1.165, 1.54) is 18.2 Å². The molecule has 0 spiro atoms. The van der Waals surface area contributed by atoms with Crippen molar-refractivity contribution in [2.45, 2.75) is 6.92 Å². The second-order valence-corrected chi connectivity index (χ2v) is 6.29. The number of phenols is 1. The van der Waals surface area contributed by atoms with Crippen LogP contribution < -0.4 is 10.6 Å². The van der Waals surface area contributed by atoms with E-state index < -0.39 is 10.8 Å². The van der Waals surface area contributed by atoms with Gasteiger partial charge in [-0.15, -0.1) is 0 Å². The maximum absolute atomic E-state index is 12.3. The number of nitro groups is 1. The standard InChI is InChI=1S/C19H15N3O4S/c1-11-5-6-13(10-17(11)22(25)26)18(24)21-19(27)20-16-4-2-3-12-9-14(23)7-8-15(12)16/h2-10,23H,1H3,(H2,20,21,24,27). The van der Waals surface area contributed by atoms with Crippen LogP contribution in [-0.2, 0) is 0 Å². The average molecular weight is 381 g/mol. The van der Waals surface area contributed by atoms with E-state index in [1.54, 1.807) is 37.3 Å². The van der Waals surface area contributed by atoms with E-state index in [0.717, 1.165) is 10.8 Å². The Morgan fingerprint density at radius 3 is 2.67 bits per heavy atom. The Hall–Kier alpha value is -3.52. The van der Waals surface area contributed by atoms with Gasteiger partial charge in [-0.2, -0.15) is 0 Å². The highest BCUT2D eigenvalue weighted by molar-refractivity contribution is 7.80. The summed E-state index contributed by atoms with van der Waals surface area (Å²) in [6.45, 7) is 1.60. The number of carbonyl (C=O) groups excluding carboxylic acids is 1. The molecule has 0 fully saturated rings. The molecule has 3 aromatic rings. The molecule has 1 amide bonds. The summed E-state index contributed by atoms with van der Waals surface area (Å²) in [4.78, 5) is 22.8. The first-order chi connectivity index (χ1) is 12.8. The summed E-state index contributed by atoms with van der Waals surface area (Å²) in [7, 11) is 0. The fourth-order valence-corrected chi connectivity index (χ4v) is 2.86. The topological polar surface area (TPSA) is 104 Å². The number of nitro benzene ring substituents is 1. The lowest BCUT2D eigenvalue weighted by atomic mass is 10.1. The highest BCUT2D eigenvalue weighted by Gasteiger charge is 2.16. The van der Waals surface area contributed by atoms with Crippen molar-refractivity contribution in [3.63, 3.8) is 0 Å². The first-order valence-corrected chi connectivity index (χ1v) is 8.35. The van der Waals surface area contributed by atoms with E-state index >= 15 is 0 Å². The molecular weight excluding hydrogens is 366 g/mol. The molecule has 3 N–H and O–H groups in total. The molecule has 0 heterocycles. The van der Waals surface area contributed by atoms with Crippen LogP contribution in [0.1, 0.15) is 15.9 Å². The molecule has 0 aliphatic heterocycles. The van der Waals surface area contributed by atoms with Gasteiger partial charge in [0.25, 0.3) is 11.6 Å². The zero-order valence-electron chi connectivity index (χ0n) is 14.2. The Kier molecular flexibility index (Phi) is 5.00. The minimum atomic E-state index is -0.548. The molecule has 8 heteroatoms. The summed E-state index contributed by atoms with van der Waals surface area (Å²) in [5, 5.41) is 27.7. The van der Waals surface area contributed by atoms with Crippen LogP contribution in [0.5, 0.6) is 5.75 Å². The number of amides is 1. The largest absolute Gasteiger partial charge is 0.508 e. The summed E-state index contributed by atoms with van der Waals surface area (Å²) in [5.41, 5.74) is 1.14. The van der Waals surface area contributed by atoms with Gasteiger partial charge in [0.05, 0.1) is 4.92 Å². The minimum absolute atomic E-state index is 0.0591. The second kappa shape index (κ2) is 7.38. The number of hydrogen-bond donors (Lipinski definition) is 3. The number of phenolic OH excluding ortho intramolecular Hbond substituents is 1. The van der Waals surface area contributed by atoms with E-state index in [-0.39, 0.29) is 22.1 Å². The van der Waals surface area contributed by atoms with Crippen LogP contribution in [0.2, 0.25) is 0 Å². The van der Waals surface area contributed by atoms with Crippen molar-refractivity contribution >= 4 is 45.4 Å². The van der Waals surface area contributed by atoms with Crippen LogP contribution in [-0.4, -0.2) is 21.0 Å². The zero-order valence-corrected chi connectivity index (χ0v) is 15.0. The van der Waals surface area contributed by atoms with Crippen LogP contribution >= 0.6 is 12.2 Å². The summed E-state index contributed by atoms with van der Waals surface area (Å²) in [6, 6.07) is 14.6. The Bertz CT molecular complexity index is 1080. The zero-order chi connectivity index (χ0) is 19.6. The number of thiocarbonyl (C=S) groups is 1. The number of anilines is 1. The Morgan fingerprint density at radius 1 is 1.15 bits per heavy atom. The van der Waals surface area contributed by atoms with Crippen molar-refractivity contribution in [3.8, 4) is 5.75 Å². The molecule has 3 rings (SSSR count). The Balaban J connectivity index is 1.78. The van der Waals surface area contributed by atoms with Gasteiger partial charge in [0.15, 0.2) is 5.11 Å². The SMILES string of the molecule is Cc1ccc(C(=O)NC(=S)Nc2cccc3cc(O)ccc23)cc1[N+](=O)[O-]. The van der Waals surface area contributed by atoms with Crippen LogP contribution in [0.3, 0.4) is 0 Å². The van der Waals surface area contributed by atoms with Crippen LogP contribution in [0.15, 0.2) is 54.6 Å². The smallest absolute Gasteiger partial charge is 0.273 e. The molecule has 0 saturated heterocycles. The number of nitrogens with one attached hydrogen (secondary N) is 2. The molecule has 0 atom stereocenters. The van der Waals surface area contributed by atoms with Gasteiger partial charge < -0.3 is 10.4 Å². The Labute approximate surface area is 159 Å². The van der Waals surface area contributed by atoms with Gasteiger partial charge in [0.1, 0.15) is 5.75 Å². The number of hydrogen-bond acceptors (Lipinski definition) is 5. The quantitative estimate of drug-likeness (QED) is 0.361. The molecule has 0 saturated carbocycles. The van der Waals surface area contributed by atoms with Crippen molar-refractivity contribution in [2.24, 2.45) is 0 Å². The lowest BCUT2D eigenvalue weighted by molar-refractivity contribution is -0.385. The third-order valence-corrected chi connectivity index (χ3v) is 4.21. The molecule has 0 aliphatic carbocycles. The first kappa shape index (κ1) is 18.3. The molecular formula is C19H15N3O4S. The maximum atomic E-state index is 12.3. The second-order valence-electron chi connectivity index (χ2n) is 5.88. The van der Waals surface area contributed by atoms with Gasteiger partial charge in [0, 0.05) is 28.3 Å². The summed E-state index contributed by atoms with van der Waals surface area (Å²) >= 11 is 5.18. The van der Waals surface area contributed by atoms with Gasteiger partial charge in [-0.25, -0.2) is 0 Å². The van der Waals surface area contributed by atoms with E-state index in [9.17, 15) is 20.0 Å². The number of carbonyl (C=O) groups is 1. The van der Waals surface area contributed by atoms with E-state index in [1.807, 2.05) is 6.07 Å². The lowest BCUT2D eigenvalue weighted by Crippen LogP contribution is -2.34. The minimum Gasteiger partial charge on any atom is -0.508 e. The molecule has 0 radical (unpaired) electrons. The van der Waals surface area contributed by atoms with E-state index in [0.29, 0.717) is 11.3 Å². The molecule has 0 bridgehead atoms. The normalized spacial score (nSPS) is 10.4. The van der Waals surface area contributed by atoms with Gasteiger partial charge in [-0.3, -0.25) is 20.2 Å². The van der Waals surface area contributed by atoms with Crippen LogP contribution in [0.25, 0.3) is 10.8 Å². The van der Waals surface area contributed by atoms with Gasteiger partial charge in [0.2, 0.25) is 0 Å². The third-order valence-electron chi connectivity index (χ3n) is 4.01. The van der Waals surface area contributed by atoms with Crippen molar-refractivity contribution in [1.29, 1.82) is 0 Å². The number of aryl methyl sites for hydroxylation is 1. The summed E-state index contributed by atoms with van der Waals surface area (Å²) in [6.07, 6.45) is 0. The monoisotopic (exact) mass is 381 g/mol. The highest BCUT2D eigenvalue weighted by Crippen LogP contribution is 2.26. The average Bonchev–Trinajstić information content (AvgIpc) is 2.61. The van der Waals surface area contributed by atoms with E-state index in [4.69, 9.17) is 12.2 Å². The predicted molar refractivity (Wildman–Crippen MR) is 107 cm³/mol. The molecule has 7 nitrogen and oxygen atoms in total. The van der Waals surface area contributed by atoms with E-state index in [2.05, 4.69) is 10.6 Å². The number of rotatable bonds is 3. The first-order valence-electron chi connectivity index (χ1n) is 7.94. The third kappa shape index (κ3) is 4.01. The molecule has 0 aromatic heterocycles. The molecule has 3 aromatic carbocycles. The van der Waals surface area contributed by atoms with Crippen LogP contribution in [0.4, 0.5) is 11.4 Å². The van der Waals surface area contributed by atoms with Crippen molar-refractivity contribution < 1.29 is 14.8 Å². The number of aromatic hydroxyl groups is 1. The fourth-order valence-electron chi connectivity index (χ4n) is 2.66. The van der Waals surface area contributed by atoms with Crippen molar-refractivity contribution in [2.75, 3.05) is 5.32 Å². The molecule has 0 unspecified atom stereocenters. The highest BCUT2D eigenvalue weighted by atomic mass is 32.1. The maximum Gasteiger partial charge on any atom is 0.273 e. The predicted octanol–water partition coefficient (Wildman–Crippen LogP) is 3.89. The van der Waals surface area contributed by atoms with Crippen molar-refractivity contribution in [1.82, 2.24) is 5.32 Å². The number of fused-ring (bicyclic) bond motifs is 1. The Morgan fingerprint density at radius 2 is 1.93 bits per heavy atom. The van der Waals surface area contributed by atoms with Crippen molar-refractivity contribution in [3.05, 3.63) is 75.8 Å².